The number of fused-ring (bicyclic) bond motifs is 1. The lowest BCUT2D eigenvalue weighted by Crippen LogP contribution is -2.49. The highest BCUT2D eigenvalue weighted by Gasteiger charge is 2.39. The maximum atomic E-state index is 12.9. The van der Waals surface area contributed by atoms with Crippen molar-refractivity contribution in [1.82, 2.24) is 10.2 Å². The van der Waals surface area contributed by atoms with Crippen LogP contribution in [-0.4, -0.2) is 29.4 Å². The normalized spacial score (nSPS) is 28.1. The van der Waals surface area contributed by atoms with E-state index in [4.69, 9.17) is 4.74 Å². The van der Waals surface area contributed by atoms with Crippen molar-refractivity contribution in [3.05, 3.63) is 41.6 Å². The van der Waals surface area contributed by atoms with Gasteiger partial charge in [0.1, 0.15) is 11.8 Å². The highest BCUT2D eigenvalue weighted by Crippen LogP contribution is 2.35. The molecule has 27 heavy (non-hydrogen) atoms. The number of carbonyl (C=O) groups excluding carboxylic acids is 2. The van der Waals surface area contributed by atoms with Crippen molar-refractivity contribution in [2.24, 2.45) is 11.8 Å². The average molecular weight is 368 g/mol. The number of hydrogen-bond acceptors (Lipinski definition) is 3. The summed E-state index contributed by atoms with van der Waals surface area (Å²) in [5.41, 5.74) is 2.32. The van der Waals surface area contributed by atoms with Gasteiger partial charge in [-0.1, -0.05) is 32.4 Å². The first-order chi connectivity index (χ1) is 13.0. The molecule has 2 aliphatic heterocycles. The molecule has 1 aromatic carbocycles. The Morgan fingerprint density at radius 2 is 1.96 bits per heavy atom. The minimum absolute atomic E-state index is 0.0744. The van der Waals surface area contributed by atoms with Gasteiger partial charge in [-0.3, -0.25) is 9.59 Å². The fourth-order valence-corrected chi connectivity index (χ4v) is 4.48. The number of rotatable bonds is 4. The van der Waals surface area contributed by atoms with Crippen LogP contribution in [0.2, 0.25) is 0 Å². The van der Waals surface area contributed by atoms with E-state index in [1.54, 1.807) is 4.90 Å². The molecule has 0 bridgehead atoms. The third kappa shape index (κ3) is 3.60. The van der Waals surface area contributed by atoms with E-state index in [-0.39, 0.29) is 11.8 Å². The van der Waals surface area contributed by atoms with Crippen LogP contribution in [0.5, 0.6) is 5.75 Å². The van der Waals surface area contributed by atoms with Gasteiger partial charge in [0.05, 0.1) is 13.2 Å². The predicted octanol–water partition coefficient (Wildman–Crippen LogP) is 3.64. The summed E-state index contributed by atoms with van der Waals surface area (Å²) in [7, 11) is 0. The molecular weight excluding hydrogens is 340 g/mol. The maximum absolute atomic E-state index is 12.9. The molecule has 2 amide bonds. The highest BCUT2D eigenvalue weighted by atomic mass is 16.5. The van der Waals surface area contributed by atoms with E-state index in [1.165, 1.54) is 25.7 Å². The summed E-state index contributed by atoms with van der Waals surface area (Å²) in [6.45, 7) is 7.28. The topological polar surface area (TPSA) is 58.6 Å². The van der Waals surface area contributed by atoms with E-state index in [1.807, 2.05) is 18.2 Å². The van der Waals surface area contributed by atoms with Crippen molar-refractivity contribution in [3.8, 4) is 5.75 Å². The molecule has 5 heteroatoms. The van der Waals surface area contributed by atoms with Crippen LogP contribution >= 0.6 is 0 Å². The zero-order chi connectivity index (χ0) is 19.0. The third-order valence-electron chi connectivity index (χ3n) is 6.26. The number of allylic oxidation sites excluding steroid dienone is 1. The largest absolute Gasteiger partial charge is 0.493 e. The van der Waals surface area contributed by atoms with Gasteiger partial charge >= 0.3 is 0 Å². The minimum Gasteiger partial charge on any atom is -0.493 e. The average Bonchev–Trinajstić information content (AvgIpc) is 2.99. The molecule has 0 aromatic heterocycles. The van der Waals surface area contributed by atoms with Gasteiger partial charge in [0.15, 0.2) is 0 Å². The SMILES string of the molecule is C=C1CCC(N2Cc3c(OCC4CCC(C)CC4)cccc3C2=O)C(=O)N1. The number of hydrogen-bond donors (Lipinski definition) is 1. The Bertz CT molecular complexity index is 765. The minimum atomic E-state index is -0.428. The summed E-state index contributed by atoms with van der Waals surface area (Å²) >= 11 is 0. The lowest BCUT2D eigenvalue weighted by Gasteiger charge is -2.31. The Morgan fingerprint density at radius 3 is 2.70 bits per heavy atom. The summed E-state index contributed by atoms with van der Waals surface area (Å²) in [6.07, 6.45) is 6.31. The van der Waals surface area contributed by atoms with Crippen LogP contribution in [0.25, 0.3) is 0 Å². The van der Waals surface area contributed by atoms with E-state index in [0.29, 0.717) is 37.5 Å². The fraction of sp³-hybridized carbons (Fsp3) is 0.545. The Morgan fingerprint density at radius 1 is 1.19 bits per heavy atom. The summed E-state index contributed by atoms with van der Waals surface area (Å²) < 4.78 is 6.16. The molecular formula is C22H28N2O3. The fourth-order valence-electron chi connectivity index (χ4n) is 4.48. The van der Waals surface area contributed by atoms with Gasteiger partial charge in [-0.2, -0.15) is 0 Å². The van der Waals surface area contributed by atoms with Gasteiger partial charge in [0.25, 0.3) is 5.91 Å². The molecule has 1 unspecified atom stereocenters. The van der Waals surface area contributed by atoms with Crippen molar-refractivity contribution >= 4 is 11.8 Å². The monoisotopic (exact) mass is 368 g/mol. The van der Waals surface area contributed by atoms with Gasteiger partial charge in [0, 0.05) is 16.8 Å². The molecule has 144 valence electrons. The highest BCUT2D eigenvalue weighted by molar-refractivity contribution is 6.02. The van der Waals surface area contributed by atoms with Gasteiger partial charge in [-0.05, 0) is 49.7 Å². The molecule has 0 radical (unpaired) electrons. The number of ether oxygens (including phenoxy) is 1. The van der Waals surface area contributed by atoms with Gasteiger partial charge in [-0.25, -0.2) is 0 Å². The Kier molecular flexibility index (Phi) is 4.94. The number of amides is 2. The third-order valence-corrected chi connectivity index (χ3v) is 6.26. The molecule has 1 atom stereocenters. The summed E-state index contributed by atoms with van der Waals surface area (Å²) in [6, 6.07) is 5.24. The second-order valence-corrected chi connectivity index (χ2v) is 8.30. The van der Waals surface area contributed by atoms with E-state index >= 15 is 0 Å². The van der Waals surface area contributed by atoms with Crippen LogP contribution in [0.15, 0.2) is 30.5 Å². The van der Waals surface area contributed by atoms with E-state index in [2.05, 4.69) is 18.8 Å². The van der Waals surface area contributed by atoms with Crippen LogP contribution in [-0.2, 0) is 11.3 Å². The van der Waals surface area contributed by atoms with Crippen molar-refractivity contribution in [1.29, 1.82) is 0 Å². The number of piperidine rings is 1. The molecule has 2 heterocycles. The Balaban J connectivity index is 1.46. The maximum Gasteiger partial charge on any atom is 0.255 e. The van der Waals surface area contributed by atoms with Crippen molar-refractivity contribution in [2.45, 2.75) is 58.0 Å². The standard InChI is InChI=1S/C22H28N2O3/c1-14-6-9-16(10-7-14)13-27-20-5-3-4-17-18(20)12-24(22(17)26)19-11-8-15(2)23-21(19)25/h3-5,14,16,19H,2,6-13H2,1H3,(H,23,25). The molecule has 1 N–H and O–H groups in total. The first-order valence-corrected chi connectivity index (χ1v) is 10.1. The van der Waals surface area contributed by atoms with Crippen LogP contribution < -0.4 is 10.1 Å². The van der Waals surface area contributed by atoms with Crippen LogP contribution in [0.4, 0.5) is 0 Å². The van der Waals surface area contributed by atoms with Crippen LogP contribution in [0.3, 0.4) is 0 Å². The lowest BCUT2D eigenvalue weighted by atomic mass is 9.83. The Hall–Kier alpha value is -2.30. The van der Waals surface area contributed by atoms with Gasteiger partial charge < -0.3 is 15.0 Å². The molecule has 2 fully saturated rings. The molecule has 1 saturated carbocycles. The van der Waals surface area contributed by atoms with E-state index < -0.39 is 6.04 Å². The van der Waals surface area contributed by atoms with Gasteiger partial charge in [0.2, 0.25) is 5.91 Å². The number of nitrogens with zero attached hydrogens (tertiary/aromatic N) is 1. The quantitative estimate of drug-likeness (QED) is 0.883. The molecule has 5 nitrogen and oxygen atoms in total. The molecule has 1 aliphatic carbocycles. The van der Waals surface area contributed by atoms with Crippen LogP contribution in [0.1, 0.15) is 61.4 Å². The van der Waals surface area contributed by atoms with Crippen molar-refractivity contribution in [3.63, 3.8) is 0 Å². The molecule has 3 aliphatic rings. The van der Waals surface area contributed by atoms with Gasteiger partial charge in [-0.15, -0.1) is 0 Å². The second kappa shape index (κ2) is 7.37. The molecule has 1 saturated heterocycles. The van der Waals surface area contributed by atoms with Crippen LogP contribution in [0, 0.1) is 11.8 Å². The smallest absolute Gasteiger partial charge is 0.255 e. The first kappa shape index (κ1) is 18.1. The number of benzene rings is 1. The van der Waals surface area contributed by atoms with E-state index in [0.717, 1.165) is 22.9 Å². The zero-order valence-electron chi connectivity index (χ0n) is 16.0. The number of carbonyl (C=O) groups is 2. The first-order valence-electron chi connectivity index (χ1n) is 10.1. The zero-order valence-corrected chi connectivity index (χ0v) is 16.0. The molecule has 0 spiro atoms. The van der Waals surface area contributed by atoms with E-state index in [9.17, 15) is 9.59 Å². The summed E-state index contributed by atoms with van der Waals surface area (Å²) in [4.78, 5) is 26.9. The van der Waals surface area contributed by atoms with Crippen molar-refractivity contribution < 1.29 is 14.3 Å². The summed E-state index contributed by atoms with van der Waals surface area (Å²) in [5, 5.41) is 2.78. The summed E-state index contributed by atoms with van der Waals surface area (Å²) in [5.74, 6) is 2.01. The second-order valence-electron chi connectivity index (χ2n) is 8.30. The molecule has 4 rings (SSSR count). The van der Waals surface area contributed by atoms with Crippen molar-refractivity contribution in [2.75, 3.05) is 6.61 Å². The Labute approximate surface area is 160 Å². The number of nitrogens with one attached hydrogen (secondary N) is 1. The molecule has 1 aromatic rings. The predicted molar refractivity (Wildman–Crippen MR) is 103 cm³/mol. The lowest BCUT2D eigenvalue weighted by molar-refractivity contribution is -0.126.